The molecule has 6 aromatic rings. The van der Waals surface area contributed by atoms with Gasteiger partial charge in [-0.1, -0.05) is 84.4 Å². The zero-order chi connectivity index (χ0) is 42.6. The molecule has 0 saturated carbocycles. The van der Waals surface area contributed by atoms with Gasteiger partial charge in [0.05, 0.1) is 27.9 Å². The van der Waals surface area contributed by atoms with Crippen LogP contribution in [0.25, 0.3) is 17.2 Å². The number of hydrogen-bond donors (Lipinski definition) is 3. The maximum absolute atomic E-state index is 14.3. The molecule has 0 saturated heterocycles. The second-order valence-corrected chi connectivity index (χ2v) is 15.2. The summed E-state index contributed by atoms with van der Waals surface area (Å²) in [7, 11) is 4.46. The Morgan fingerprint density at radius 2 is 1.43 bits per heavy atom. The van der Waals surface area contributed by atoms with E-state index in [0.717, 1.165) is 16.7 Å². The van der Waals surface area contributed by atoms with Gasteiger partial charge in [-0.3, -0.25) is 14.4 Å². The number of aryl methyl sites for hydroxylation is 1. The highest BCUT2D eigenvalue weighted by Crippen LogP contribution is 2.41. The highest BCUT2D eigenvalue weighted by molar-refractivity contribution is 8.00. The fourth-order valence-corrected chi connectivity index (χ4v) is 8.20. The van der Waals surface area contributed by atoms with Gasteiger partial charge < -0.3 is 34.9 Å². The van der Waals surface area contributed by atoms with E-state index < -0.39 is 23.0 Å². The van der Waals surface area contributed by atoms with Crippen molar-refractivity contribution >= 4 is 63.6 Å². The summed E-state index contributed by atoms with van der Waals surface area (Å²) in [4.78, 5) is 55.7. The van der Waals surface area contributed by atoms with Crippen LogP contribution in [-0.2, 0) is 14.3 Å². The van der Waals surface area contributed by atoms with Gasteiger partial charge in [-0.25, -0.2) is 4.79 Å². The third kappa shape index (κ3) is 10.4. The SMILES string of the molecule is CCOC(=O)c1c(-c2ccc(C)cc2)csc1NC(=O)C(Sc1cccc(NC(=O)/C(=C\c2cc(OC)c(OC)c(OC)c2)NC(=O)c2ccccc2)c1)c1ccccc1. The number of methoxy groups -OCH3 is 3. The van der Waals surface area contributed by atoms with Gasteiger partial charge in [-0.15, -0.1) is 23.1 Å². The average molecular weight is 842 g/mol. The number of thiophene rings is 1. The summed E-state index contributed by atoms with van der Waals surface area (Å²) >= 11 is 2.52. The molecule has 13 heteroatoms. The fourth-order valence-electron chi connectivity index (χ4n) is 6.16. The van der Waals surface area contributed by atoms with Crippen LogP contribution in [0.1, 0.15) is 49.6 Å². The Balaban J connectivity index is 1.29. The molecule has 3 amide bonds. The van der Waals surface area contributed by atoms with Crippen molar-refractivity contribution in [3.8, 4) is 28.4 Å². The number of rotatable bonds is 16. The average Bonchev–Trinajstić information content (AvgIpc) is 3.69. The minimum Gasteiger partial charge on any atom is -0.493 e. The van der Waals surface area contributed by atoms with Crippen LogP contribution in [0, 0.1) is 6.92 Å². The first-order valence-electron chi connectivity index (χ1n) is 18.8. The molecule has 3 N–H and O–H groups in total. The number of hydrogen-bond acceptors (Lipinski definition) is 10. The van der Waals surface area contributed by atoms with Crippen molar-refractivity contribution in [3.05, 3.63) is 160 Å². The van der Waals surface area contributed by atoms with E-state index in [4.69, 9.17) is 18.9 Å². The molecule has 5 aromatic carbocycles. The van der Waals surface area contributed by atoms with Crippen molar-refractivity contribution in [2.24, 2.45) is 0 Å². The molecule has 0 bridgehead atoms. The molecule has 1 aromatic heterocycles. The van der Waals surface area contributed by atoms with E-state index in [2.05, 4.69) is 16.0 Å². The number of esters is 1. The van der Waals surface area contributed by atoms with E-state index in [-0.39, 0.29) is 23.8 Å². The molecule has 60 heavy (non-hydrogen) atoms. The predicted molar refractivity (Wildman–Crippen MR) is 237 cm³/mol. The lowest BCUT2D eigenvalue weighted by molar-refractivity contribution is -0.116. The third-order valence-corrected chi connectivity index (χ3v) is 11.2. The van der Waals surface area contributed by atoms with Gasteiger partial charge in [0.25, 0.3) is 11.8 Å². The normalized spacial score (nSPS) is 11.5. The summed E-state index contributed by atoms with van der Waals surface area (Å²) in [6, 6.07) is 36.0. The van der Waals surface area contributed by atoms with Gasteiger partial charge >= 0.3 is 5.97 Å². The molecular weight excluding hydrogens is 799 g/mol. The number of anilines is 2. The van der Waals surface area contributed by atoms with E-state index in [0.29, 0.717) is 49.5 Å². The lowest BCUT2D eigenvalue weighted by atomic mass is 10.0. The van der Waals surface area contributed by atoms with Crippen LogP contribution in [0.2, 0.25) is 0 Å². The van der Waals surface area contributed by atoms with Crippen molar-refractivity contribution in [1.29, 1.82) is 0 Å². The van der Waals surface area contributed by atoms with Crippen LogP contribution < -0.4 is 30.2 Å². The highest BCUT2D eigenvalue weighted by Gasteiger charge is 2.28. The lowest BCUT2D eigenvalue weighted by Gasteiger charge is -2.18. The number of carbonyl (C=O) groups excluding carboxylic acids is 4. The molecule has 0 aliphatic carbocycles. The Kier molecular flexibility index (Phi) is 14.4. The zero-order valence-corrected chi connectivity index (χ0v) is 35.2. The number of nitrogens with one attached hydrogen (secondary N) is 3. The molecular formula is C47H43N3O8S2. The summed E-state index contributed by atoms with van der Waals surface area (Å²) in [6.45, 7) is 3.90. The summed E-state index contributed by atoms with van der Waals surface area (Å²) in [5.41, 5.74) is 4.78. The van der Waals surface area contributed by atoms with Gasteiger partial charge in [0.2, 0.25) is 11.7 Å². The molecule has 0 fully saturated rings. The zero-order valence-electron chi connectivity index (χ0n) is 33.6. The first-order chi connectivity index (χ1) is 29.1. The van der Waals surface area contributed by atoms with Crippen LogP contribution in [0.5, 0.6) is 17.2 Å². The number of benzene rings is 5. The van der Waals surface area contributed by atoms with Gasteiger partial charge in [0.15, 0.2) is 11.5 Å². The minimum absolute atomic E-state index is 0.0592. The van der Waals surface area contributed by atoms with Crippen molar-refractivity contribution < 1.29 is 38.1 Å². The molecule has 0 radical (unpaired) electrons. The van der Waals surface area contributed by atoms with Crippen LogP contribution >= 0.6 is 23.1 Å². The van der Waals surface area contributed by atoms with E-state index in [9.17, 15) is 19.2 Å². The molecule has 6 rings (SSSR count). The Bertz CT molecular complexity index is 2480. The number of ether oxygens (including phenoxy) is 4. The molecule has 0 aliphatic heterocycles. The van der Waals surface area contributed by atoms with Gasteiger partial charge in [0, 0.05) is 27.1 Å². The predicted octanol–water partition coefficient (Wildman–Crippen LogP) is 9.81. The Morgan fingerprint density at radius 1 is 0.767 bits per heavy atom. The molecule has 1 heterocycles. The molecule has 1 unspecified atom stereocenters. The van der Waals surface area contributed by atoms with Gasteiger partial charge in [-0.05, 0) is 79.1 Å². The maximum Gasteiger partial charge on any atom is 0.341 e. The van der Waals surface area contributed by atoms with E-state index in [1.54, 1.807) is 67.6 Å². The van der Waals surface area contributed by atoms with Crippen LogP contribution in [0.4, 0.5) is 10.7 Å². The Hall–Kier alpha value is -6.83. The van der Waals surface area contributed by atoms with Crippen molar-refractivity contribution in [3.63, 3.8) is 0 Å². The first kappa shape index (κ1) is 42.8. The topological polar surface area (TPSA) is 141 Å². The molecule has 0 spiro atoms. The molecule has 11 nitrogen and oxygen atoms in total. The van der Waals surface area contributed by atoms with Crippen molar-refractivity contribution in [2.45, 2.75) is 24.0 Å². The third-order valence-electron chi connectivity index (χ3n) is 9.08. The second kappa shape index (κ2) is 20.2. The summed E-state index contributed by atoms with van der Waals surface area (Å²) in [5.74, 6) is -0.897. The highest BCUT2D eigenvalue weighted by atomic mass is 32.2. The van der Waals surface area contributed by atoms with Crippen molar-refractivity contribution in [1.82, 2.24) is 5.32 Å². The summed E-state index contributed by atoms with van der Waals surface area (Å²) < 4.78 is 21.9. The van der Waals surface area contributed by atoms with Crippen LogP contribution in [0.3, 0.4) is 0 Å². The van der Waals surface area contributed by atoms with E-state index in [1.165, 1.54) is 50.5 Å². The van der Waals surface area contributed by atoms with Crippen LogP contribution in [0.15, 0.2) is 137 Å². The molecule has 1 atom stereocenters. The van der Waals surface area contributed by atoms with Crippen molar-refractivity contribution in [2.75, 3.05) is 38.6 Å². The van der Waals surface area contributed by atoms with Gasteiger partial charge in [0.1, 0.15) is 21.5 Å². The number of amides is 3. The standard InChI is InChI=1S/C47H43N3O8S2/c1-6-58-47(54)40-36(31-22-20-29(2)21-23-31)28-59-46(40)50-45(53)42(32-14-9-7-10-15-32)60-35-19-13-18-34(27-35)48-44(52)37(49-43(51)33-16-11-8-12-17-33)24-30-25-38(55-3)41(57-5)39(26-30)56-4/h7-28,42H,6H2,1-5H3,(H,48,52)(H,49,51)(H,50,53)/b37-24+. The Labute approximate surface area is 356 Å². The van der Waals surface area contributed by atoms with Crippen LogP contribution in [-0.4, -0.2) is 51.6 Å². The van der Waals surface area contributed by atoms with E-state index in [1.807, 2.05) is 73.0 Å². The second-order valence-electron chi connectivity index (χ2n) is 13.2. The largest absolute Gasteiger partial charge is 0.493 e. The minimum atomic E-state index is -0.766. The number of thioether (sulfide) groups is 1. The summed E-state index contributed by atoms with van der Waals surface area (Å²) in [5, 5.41) is 10.1. The smallest absolute Gasteiger partial charge is 0.341 e. The fraction of sp³-hybridized carbons (Fsp3) is 0.149. The Morgan fingerprint density at radius 3 is 2.07 bits per heavy atom. The lowest BCUT2D eigenvalue weighted by Crippen LogP contribution is -2.30. The summed E-state index contributed by atoms with van der Waals surface area (Å²) in [6.07, 6.45) is 1.51. The quantitative estimate of drug-likeness (QED) is 0.0494. The maximum atomic E-state index is 14.3. The number of carbonyl (C=O) groups is 4. The monoisotopic (exact) mass is 841 g/mol. The molecule has 0 aliphatic rings. The van der Waals surface area contributed by atoms with E-state index >= 15 is 0 Å². The van der Waals surface area contributed by atoms with Gasteiger partial charge in [-0.2, -0.15) is 0 Å². The first-order valence-corrected chi connectivity index (χ1v) is 20.6. The molecule has 306 valence electrons.